The van der Waals surface area contributed by atoms with E-state index >= 15 is 0 Å². The maximum absolute atomic E-state index is 11.1. The van der Waals surface area contributed by atoms with Crippen LogP contribution in [0.3, 0.4) is 0 Å². The van der Waals surface area contributed by atoms with Crippen molar-refractivity contribution in [2.45, 2.75) is 5.75 Å². The van der Waals surface area contributed by atoms with Crippen LogP contribution in [-0.4, -0.2) is 17.2 Å². The van der Waals surface area contributed by atoms with Gasteiger partial charge in [0.2, 0.25) is 0 Å². The Morgan fingerprint density at radius 2 is 1.94 bits per heavy atom. The van der Waals surface area contributed by atoms with Gasteiger partial charge in [0.05, 0.1) is 0 Å². The van der Waals surface area contributed by atoms with E-state index in [1.54, 1.807) is 30.3 Å². The van der Waals surface area contributed by atoms with Crippen LogP contribution < -0.4 is 0 Å². The van der Waals surface area contributed by atoms with Gasteiger partial charge in [0, 0.05) is 0 Å². The van der Waals surface area contributed by atoms with E-state index in [2.05, 4.69) is 10.2 Å². The first kappa shape index (κ1) is 13.0. The molecule has 0 spiro atoms. The van der Waals surface area contributed by atoms with Crippen LogP contribution in [-0.2, 0) is 30.9 Å². The third-order valence-electron chi connectivity index (χ3n) is 1.72. The molecule has 1 aromatic rings. The van der Waals surface area contributed by atoms with E-state index in [-0.39, 0.29) is 0 Å². The van der Waals surface area contributed by atoms with Gasteiger partial charge in [-0.2, -0.15) is 12.0 Å². The Hall–Kier alpha value is -1.02. The van der Waals surface area contributed by atoms with Crippen molar-refractivity contribution in [3.8, 4) is 0 Å². The first-order chi connectivity index (χ1) is 7.43. The molecule has 0 aliphatic rings. The molecule has 0 bridgehead atoms. The van der Waals surface area contributed by atoms with Crippen molar-refractivity contribution >= 4 is 27.6 Å². The van der Waals surface area contributed by atoms with Crippen LogP contribution in [0.2, 0.25) is 0 Å². The average molecular weight is 261 g/mol. The Kier molecular flexibility index (Phi) is 4.36. The Labute approximate surface area is 96.4 Å². The van der Waals surface area contributed by atoms with Gasteiger partial charge < -0.3 is 4.55 Å². The van der Waals surface area contributed by atoms with Crippen molar-refractivity contribution < 1.29 is 20.8 Å². The lowest BCUT2D eigenvalue weighted by Crippen LogP contribution is -2.10. The summed E-state index contributed by atoms with van der Waals surface area (Å²) in [5, 5.41) is 0. The largest absolute Gasteiger partial charge is 0.749 e. The molecule has 0 aromatic heterocycles. The van der Waals surface area contributed by atoms with E-state index in [1.165, 1.54) is 0 Å². The predicted octanol–water partition coefficient (Wildman–Crippen LogP) is 0.970. The van der Waals surface area contributed by atoms with Crippen LogP contribution in [0.5, 0.6) is 0 Å². The van der Waals surface area contributed by atoms with Crippen LogP contribution in [0.15, 0.2) is 30.8 Å². The first-order valence-electron chi connectivity index (χ1n) is 4.16. The summed E-state index contributed by atoms with van der Waals surface area (Å²) in [5.41, 5.74) is 1.28. The maximum atomic E-state index is 11.1. The van der Waals surface area contributed by atoms with Crippen LogP contribution >= 0.6 is 0 Å². The Morgan fingerprint density at radius 1 is 1.38 bits per heavy atom. The fourth-order valence-corrected chi connectivity index (χ4v) is 2.53. The zero-order valence-electron chi connectivity index (χ0n) is 8.16. The molecule has 88 valence electrons. The van der Waals surface area contributed by atoms with Gasteiger partial charge in [0.25, 0.3) is 10.1 Å². The molecular weight excluding hydrogens is 252 g/mol. The molecule has 0 fully saturated rings. The highest BCUT2D eigenvalue weighted by Gasteiger charge is 2.12. The molecular formula is C9H9O5S2-. The van der Waals surface area contributed by atoms with Crippen LogP contribution in [0.4, 0.5) is 0 Å². The van der Waals surface area contributed by atoms with E-state index in [0.717, 1.165) is 5.56 Å². The standard InChI is InChI=1S/C9H10O5S2/c1-2-8-3-5-9(6-4-8)7-16(12,13)14-15(10)11/h2-6H,1,7H2,(H,10,11)/p-1. The highest BCUT2D eigenvalue weighted by Crippen LogP contribution is 2.10. The summed E-state index contributed by atoms with van der Waals surface area (Å²) < 4.78 is 46.2. The summed E-state index contributed by atoms with van der Waals surface area (Å²) in [5.74, 6) is -0.488. The summed E-state index contributed by atoms with van der Waals surface area (Å²) in [6.07, 6.45) is 1.61. The molecule has 0 aliphatic heterocycles. The zero-order chi connectivity index (χ0) is 12.2. The highest BCUT2D eigenvalue weighted by molar-refractivity contribution is 7.94. The minimum atomic E-state index is -4.09. The minimum Gasteiger partial charge on any atom is -0.749 e. The summed E-state index contributed by atoms with van der Waals surface area (Å²) in [6, 6.07) is 6.47. The van der Waals surface area contributed by atoms with Crippen molar-refractivity contribution in [2.75, 3.05) is 0 Å². The zero-order valence-corrected chi connectivity index (χ0v) is 9.79. The highest BCUT2D eigenvalue weighted by atomic mass is 32.3. The van der Waals surface area contributed by atoms with Gasteiger partial charge in [0.15, 0.2) is 0 Å². The van der Waals surface area contributed by atoms with E-state index in [0.29, 0.717) is 5.56 Å². The summed E-state index contributed by atoms with van der Waals surface area (Å²) in [4.78, 5) is 0. The van der Waals surface area contributed by atoms with E-state index in [4.69, 9.17) is 0 Å². The third-order valence-corrected chi connectivity index (χ3v) is 3.68. The molecule has 0 N–H and O–H groups in total. The second kappa shape index (κ2) is 5.35. The number of benzene rings is 1. The van der Waals surface area contributed by atoms with Gasteiger partial charge >= 0.3 is 0 Å². The number of hydrogen-bond donors (Lipinski definition) is 0. The molecule has 0 aliphatic carbocycles. The summed E-state index contributed by atoms with van der Waals surface area (Å²) >= 11 is -3.07. The van der Waals surface area contributed by atoms with Crippen LogP contribution in [0, 0.1) is 0 Å². The lowest BCUT2D eigenvalue weighted by Gasteiger charge is -2.06. The minimum absolute atomic E-state index is 0.441. The van der Waals surface area contributed by atoms with Crippen molar-refractivity contribution in [3.63, 3.8) is 0 Å². The fraction of sp³-hybridized carbons (Fsp3) is 0.111. The SMILES string of the molecule is C=Cc1ccc(CS(=O)(=O)OS(=O)[O-])cc1. The predicted molar refractivity (Wildman–Crippen MR) is 59.2 cm³/mol. The lowest BCUT2D eigenvalue weighted by molar-refractivity contribution is 0.429. The van der Waals surface area contributed by atoms with E-state index in [9.17, 15) is 17.2 Å². The normalized spacial score (nSPS) is 13.3. The smallest absolute Gasteiger partial charge is 0.283 e. The molecule has 0 radical (unpaired) electrons. The van der Waals surface area contributed by atoms with E-state index < -0.39 is 27.2 Å². The second-order valence-corrected chi connectivity index (χ2v) is 5.28. The topological polar surface area (TPSA) is 83.5 Å². The molecule has 0 heterocycles. The van der Waals surface area contributed by atoms with Crippen molar-refractivity contribution in [1.82, 2.24) is 0 Å². The van der Waals surface area contributed by atoms with Crippen molar-refractivity contribution in [3.05, 3.63) is 42.0 Å². The summed E-state index contributed by atoms with van der Waals surface area (Å²) in [6.45, 7) is 3.55. The Bertz CT molecular complexity index is 489. The molecule has 0 saturated carbocycles. The quantitative estimate of drug-likeness (QED) is 0.737. The third kappa shape index (κ3) is 4.23. The molecule has 1 unspecified atom stereocenters. The Balaban J connectivity index is 2.80. The van der Waals surface area contributed by atoms with Gasteiger partial charge in [-0.25, -0.2) is 4.21 Å². The van der Waals surface area contributed by atoms with E-state index in [1.807, 2.05) is 0 Å². The maximum Gasteiger partial charge on any atom is 0.283 e. The molecule has 1 atom stereocenters. The number of rotatable bonds is 5. The molecule has 5 nitrogen and oxygen atoms in total. The number of hydrogen-bond acceptors (Lipinski definition) is 5. The van der Waals surface area contributed by atoms with Crippen molar-refractivity contribution in [2.24, 2.45) is 0 Å². The molecule has 0 saturated heterocycles. The van der Waals surface area contributed by atoms with Crippen molar-refractivity contribution in [1.29, 1.82) is 0 Å². The Morgan fingerprint density at radius 3 is 2.38 bits per heavy atom. The monoisotopic (exact) mass is 261 g/mol. The van der Waals surface area contributed by atoms with Gasteiger partial charge in [0.1, 0.15) is 17.1 Å². The fourth-order valence-electron chi connectivity index (χ4n) is 1.06. The molecule has 1 rings (SSSR count). The van der Waals surface area contributed by atoms with Gasteiger partial charge in [-0.15, -0.1) is 0 Å². The van der Waals surface area contributed by atoms with Crippen LogP contribution in [0.25, 0.3) is 6.08 Å². The first-order valence-corrected chi connectivity index (χ1v) is 6.74. The average Bonchev–Trinajstić information content (AvgIpc) is 2.16. The summed E-state index contributed by atoms with van der Waals surface area (Å²) in [7, 11) is -4.09. The lowest BCUT2D eigenvalue weighted by atomic mass is 10.1. The second-order valence-electron chi connectivity index (χ2n) is 2.92. The van der Waals surface area contributed by atoms with Gasteiger partial charge in [-0.1, -0.05) is 36.9 Å². The molecule has 16 heavy (non-hydrogen) atoms. The van der Waals surface area contributed by atoms with Crippen LogP contribution in [0.1, 0.15) is 11.1 Å². The molecule has 7 heteroatoms. The van der Waals surface area contributed by atoms with Gasteiger partial charge in [-0.05, 0) is 11.1 Å². The van der Waals surface area contributed by atoms with Gasteiger partial charge in [-0.3, -0.25) is 0 Å². The molecule has 0 amide bonds. The molecule has 1 aromatic carbocycles.